The van der Waals surface area contributed by atoms with Gasteiger partial charge in [-0.15, -0.1) is 0 Å². The van der Waals surface area contributed by atoms with E-state index >= 15 is 0 Å². The molecule has 1 saturated heterocycles. The number of ether oxygens (including phenoxy) is 2. The van der Waals surface area contributed by atoms with Crippen molar-refractivity contribution in [3.63, 3.8) is 0 Å². The number of rotatable bonds is 3. The van der Waals surface area contributed by atoms with Gasteiger partial charge in [0, 0.05) is 5.56 Å². The Kier molecular flexibility index (Phi) is 3.67. The Bertz CT molecular complexity index is 346. The summed E-state index contributed by atoms with van der Waals surface area (Å²) in [6.45, 7) is 4.14. The minimum Gasteiger partial charge on any atom is -0.496 e. The molecule has 0 atom stereocenters. The Labute approximate surface area is 96.8 Å². The van der Waals surface area contributed by atoms with Gasteiger partial charge >= 0.3 is 0 Å². The van der Waals surface area contributed by atoms with Crippen LogP contribution < -0.4 is 14.8 Å². The van der Waals surface area contributed by atoms with E-state index in [0.29, 0.717) is 6.10 Å². The predicted molar refractivity (Wildman–Crippen MR) is 64.3 cm³/mol. The zero-order valence-corrected chi connectivity index (χ0v) is 9.95. The second-order valence-electron chi connectivity index (χ2n) is 4.15. The SMILES string of the molecule is COc1cccc(OC2CCNCC2)c1C. The Morgan fingerprint density at radius 3 is 2.56 bits per heavy atom. The lowest BCUT2D eigenvalue weighted by Crippen LogP contribution is -2.34. The molecule has 1 heterocycles. The molecule has 1 aliphatic heterocycles. The summed E-state index contributed by atoms with van der Waals surface area (Å²) >= 11 is 0. The summed E-state index contributed by atoms with van der Waals surface area (Å²) in [5.41, 5.74) is 1.09. The third kappa shape index (κ3) is 2.47. The Morgan fingerprint density at radius 2 is 1.88 bits per heavy atom. The molecule has 0 saturated carbocycles. The van der Waals surface area contributed by atoms with Gasteiger partial charge in [0.15, 0.2) is 0 Å². The highest BCUT2D eigenvalue weighted by Crippen LogP contribution is 2.28. The van der Waals surface area contributed by atoms with Gasteiger partial charge in [-0.1, -0.05) is 6.07 Å². The fourth-order valence-electron chi connectivity index (χ4n) is 2.04. The number of piperidine rings is 1. The maximum Gasteiger partial charge on any atom is 0.126 e. The Hall–Kier alpha value is -1.22. The molecule has 2 rings (SSSR count). The van der Waals surface area contributed by atoms with Crippen LogP contribution in [-0.4, -0.2) is 26.3 Å². The largest absolute Gasteiger partial charge is 0.496 e. The van der Waals surface area contributed by atoms with E-state index in [0.717, 1.165) is 43.0 Å². The molecule has 0 unspecified atom stereocenters. The van der Waals surface area contributed by atoms with Crippen molar-refractivity contribution in [2.75, 3.05) is 20.2 Å². The van der Waals surface area contributed by atoms with Crippen LogP contribution in [0, 0.1) is 6.92 Å². The topological polar surface area (TPSA) is 30.5 Å². The molecule has 1 aliphatic rings. The fourth-order valence-corrected chi connectivity index (χ4v) is 2.04. The van der Waals surface area contributed by atoms with Crippen LogP contribution in [0.25, 0.3) is 0 Å². The van der Waals surface area contributed by atoms with Crippen LogP contribution in [0.4, 0.5) is 0 Å². The summed E-state index contributed by atoms with van der Waals surface area (Å²) < 4.78 is 11.3. The van der Waals surface area contributed by atoms with E-state index in [-0.39, 0.29) is 0 Å². The first-order valence-corrected chi connectivity index (χ1v) is 5.82. The van der Waals surface area contributed by atoms with Crippen molar-refractivity contribution in [1.29, 1.82) is 0 Å². The lowest BCUT2D eigenvalue weighted by molar-refractivity contribution is 0.161. The molecule has 0 spiro atoms. The van der Waals surface area contributed by atoms with Crippen molar-refractivity contribution >= 4 is 0 Å². The fraction of sp³-hybridized carbons (Fsp3) is 0.538. The van der Waals surface area contributed by atoms with Gasteiger partial charge in [-0.3, -0.25) is 0 Å². The molecule has 1 fully saturated rings. The molecule has 16 heavy (non-hydrogen) atoms. The van der Waals surface area contributed by atoms with Gasteiger partial charge < -0.3 is 14.8 Å². The minimum absolute atomic E-state index is 0.340. The maximum absolute atomic E-state index is 6.01. The van der Waals surface area contributed by atoms with Crippen molar-refractivity contribution in [2.45, 2.75) is 25.9 Å². The van der Waals surface area contributed by atoms with E-state index in [1.807, 2.05) is 25.1 Å². The van der Waals surface area contributed by atoms with E-state index < -0.39 is 0 Å². The van der Waals surface area contributed by atoms with Crippen LogP contribution in [0.5, 0.6) is 11.5 Å². The zero-order chi connectivity index (χ0) is 11.4. The lowest BCUT2D eigenvalue weighted by atomic mass is 10.1. The highest BCUT2D eigenvalue weighted by Gasteiger charge is 2.16. The molecular weight excluding hydrogens is 202 g/mol. The summed E-state index contributed by atoms with van der Waals surface area (Å²) in [4.78, 5) is 0. The molecule has 0 amide bonds. The molecule has 0 aromatic heterocycles. The first-order valence-electron chi connectivity index (χ1n) is 5.82. The number of hydrogen-bond acceptors (Lipinski definition) is 3. The van der Waals surface area contributed by atoms with E-state index in [1.54, 1.807) is 7.11 Å². The van der Waals surface area contributed by atoms with Crippen molar-refractivity contribution < 1.29 is 9.47 Å². The van der Waals surface area contributed by atoms with Gasteiger partial charge in [0.25, 0.3) is 0 Å². The van der Waals surface area contributed by atoms with Gasteiger partial charge in [-0.2, -0.15) is 0 Å². The average molecular weight is 221 g/mol. The van der Waals surface area contributed by atoms with Crippen LogP contribution in [0.15, 0.2) is 18.2 Å². The number of nitrogens with one attached hydrogen (secondary N) is 1. The summed E-state index contributed by atoms with van der Waals surface area (Å²) in [5.74, 6) is 1.85. The molecule has 3 nitrogen and oxygen atoms in total. The smallest absolute Gasteiger partial charge is 0.126 e. The predicted octanol–water partition coefficient (Wildman–Crippen LogP) is 2.13. The normalized spacial score (nSPS) is 17.1. The summed E-state index contributed by atoms with van der Waals surface area (Å²) in [6.07, 6.45) is 2.50. The second kappa shape index (κ2) is 5.21. The molecule has 1 aromatic carbocycles. The highest BCUT2D eigenvalue weighted by molar-refractivity contribution is 5.43. The van der Waals surface area contributed by atoms with E-state index in [1.165, 1.54) is 0 Å². The van der Waals surface area contributed by atoms with Gasteiger partial charge in [0.2, 0.25) is 0 Å². The second-order valence-corrected chi connectivity index (χ2v) is 4.15. The van der Waals surface area contributed by atoms with Crippen molar-refractivity contribution in [1.82, 2.24) is 5.32 Å². The summed E-state index contributed by atoms with van der Waals surface area (Å²) in [7, 11) is 1.69. The van der Waals surface area contributed by atoms with E-state index in [2.05, 4.69) is 5.32 Å². The average Bonchev–Trinajstić information content (AvgIpc) is 2.33. The molecule has 0 bridgehead atoms. The number of hydrogen-bond donors (Lipinski definition) is 1. The lowest BCUT2D eigenvalue weighted by Gasteiger charge is -2.25. The van der Waals surface area contributed by atoms with Crippen molar-refractivity contribution in [2.24, 2.45) is 0 Å². The quantitative estimate of drug-likeness (QED) is 0.848. The van der Waals surface area contributed by atoms with Crippen LogP contribution >= 0.6 is 0 Å². The van der Waals surface area contributed by atoms with Crippen LogP contribution in [0.1, 0.15) is 18.4 Å². The highest BCUT2D eigenvalue weighted by atomic mass is 16.5. The van der Waals surface area contributed by atoms with Crippen molar-refractivity contribution in [3.05, 3.63) is 23.8 Å². The molecule has 3 heteroatoms. The Balaban J connectivity index is 2.08. The Morgan fingerprint density at radius 1 is 1.19 bits per heavy atom. The number of benzene rings is 1. The first kappa shape index (κ1) is 11.3. The van der Waals surface area contributed by atoms with Gasteiger partial charge in [0.05, 0.1) is 7.11 Å². The molecule has 1 aromatic rings. The van der Waals surface area contributed by atoms with Crippen LogP contribution in [0.2, 0.25) is 0 Å². The molecule has 0 aliphatic carbocycles. The molecule has 0 radical (unpaired) electrons. The van der Waals surface area contributed by atoms with Gasteiger partial charge in [0.1, 0.15) is 17.6 Å². The van der Waals surface area contributed by atoms with Crippen LogP contribution in [0.3, 0.4) is 0 Å². The molecule has 1 N–H and O–H groups in total. The minimum atomic E-state index is 0.340. The van der Waals surface area contributed by atoms with E-state index in [4.69, 9.17) is 9.47 Å². The summed E-state index contributed by atoms with van der Waals surface area (Å²) in [5, 5.41) is 3.33. The van der Waals surface area contributed by atoms with Gasteiger partial charge in [-0.25, -0.2) is 0 Å². The van der Waals surface area contributed by atoms with E-state index in [9.17, 15) is 0 Å². The monoisotopic (exact) mass is 221 g/mol. The third-order valence-corrected chi connectivity index (χ3v) is 3.03. The van der Waals surface area contributed by atoms with Crippen LogP contribution in [-0.2, 0) is 0 Å². The van der Waals surface area contributed by atoms with Gasteiger partial charge in [-0.05, 0) is 45.0 Å². The third-order valence-electron chi connectivity index (χ3n) is 3.03. The first-order chi connectivity index (χ1) is 7.81. The summed E-state index contributed by atoms with van der Waals surface area (Å²) in [6, 6.07) is 5.95. The zero-order valence-electron chi connectivity index (χ0n) is 9.95. The molecular formula is C13H19NO2. The standard InChI is InChI=1S/C13H19NO2/c1-10-12(15-2)4-3-5-13(10)16-11-6-8-14-9-7-11/h3-5,11,14H,6-9H2,1-2H3. The number of methoxy groups -OCH3 is 1. The maximum atomic E-state index is 6.01. The van der Waals surface area contributed by atoms with Crippen molar-refractivity contribution in [3.8, 4) is 11.5 Å². The molecule has 88 valence electrons.